The van der Waals surface area contributed by atoms with Crippen LogP contribution in [0.15, 0.2) is 78.9 Å². The van der Waals surface area contributed by atoms with Gasteiger partial charge in [-0.3, -0.25) is 4.79 Å². The Hall–Kier alpha value is -3.47. The van der Waals surface area contributed by atoms with Crippen molar-refractivity contribution in [2.24, 2.45) is 0 Å². The molecular formula is C27H31NO4. The molecule has 1 amide bonds. The first-order valence-corrected chi connectivity index (χ1v) is 11.2. The Morgan fingerprint density at radius 2 is 1.34 bits per heavy atom. The summed E-state index contributed by atoms with van der Waals surface area (Å²) in [7, 11) is 0. The van der Waals surface area contributed by atoms with E-state index in [4.69, 9.17) is 14.2 Å². The van der Waals surface area contributed by atoms with Gasteiger partial charge in [0.1, 0.15) is 30.5 Å². The maximum absolute atomic E-state index is 12.6. The van der Waals surface area contributed by atoms with Gasteiger partial charge in [0, 0.05) is 11.3 Å². The molecule has 1 N–H and O–H groups in total. The van der Waals surface area contributed by atoms with E-state index in [0.717, 1.165) is 30.2 Å². The summed E-state index contributed by atoms with van der Waals surface area (Å²) >= 11 is 0. The van der Waals surface area contributed by atoms with Crippen molar-refractivity contribution in [1.82, 2.24) is 0 Å². The zero-order valence-corrected chi connectivity index (χ0v) is 18.6. The smallest absolute Gasteiger partial charge is 0.255 e. The number of carbonyl (C=O) groups excluding carboxylic acids is 1. The lowest BCUT2D eigenvalue weighted by molar-refractivity contribution is 0.102. The van der Waals surface area contributed by atoms with Crippen LogP contribution in [0.2, 0.25) is 0 Å². The Morgan fingerprint density at radius 1 is 0.688 bits per heavy atom. The molecule has 0 saturated heterocycles. The highest BCUT2D eigenvalue weighted by atomic mass is 16.5. The second-order valence-electron chi connectivity index (χ2n) is 7.43. The average molecular weight is 434 g/mol. The second-order valence-corrected chi connectivity index (χ2v) is 7.43. The van der Waals surface area contributed by atoms with Crippen molar-refractivity contribution in [1.29, 1.82) is 0 Å². The number of para-hydroxylation sites is 1. The van der Waals surface area contributed by atoms with Crippen LogP contribution in [0.25, 0.3) is 0 Å². The van der Waals surface area contributed by atoms with Crippen LogP contribution in [0.5, 0.6) is 17.2 Å². The number of rotatable bonds is 13. The highest BCUT2D eigenvalue weighted by molar-refractivity contribution is 6.04. The van der Waals surface area contributed by atoms with Gasteiger partial charge in [0.25, 0.3) is 5.91 Å². The maximum atomic E-state index is 12.6. The molecule has 0 radical (unpaired) electrons. The van der Waals surface area contributed by atoms with Gasteiger partial charge in [-0.2, -0.15) is 0 Å². The van der Waals surface area contributed by atoms with Gasteiger partial charge < -0.3 is 19.5 Å². The van der Waals surface area contributed by atoms with Gasteiger partial charge in [-0.25, -0.2) is 0 Å². The number of anilines is 1. The lowest BCUT2D eigenvalue weighted by Crippen LogP contribution is -2.13. The topological polar surface area (TPSA) is 56.8 Å². The minimum atomic E-state index is -0.191. The zero-order chi connectivity index (χ0) is 22.4. The average Bonchev–Trinajstić information content (AvgIpc) is 2.83. The minimum Gasteiger partial charge on any atom is -0.494 e. The molecule has 5 heteroatoms. The van der Waals surface area contributed by atoms with Crippen molar-refractivity contribution in [3.63, 3.8) is 0 Å². The van der Waals surface area contributed by atoms with E-state index in [1.54, 1.807) is 18.2 Å². The van der Waals surface area contributed by atoms with Crippen molar-refractivity contribution in [3.05, 3.63) is 84.4 Å². The van der Waals surface area contributed by atoms with Crippen LogP contribution >= 0.6 is 0 Å². The fourth-order valence-corrected chi connectivity index (χ4v) is 3.12. The number of ether oxygens (including phenoxy) is 3. The lowest BCUT2D eigenvalue weighted by Gasteiger charge is -2.10. The highest BCUT2D eigenvalue weighted by Crippen LogP contribution is 2.19. The lowest BCUT2D eigenvalue weighted by atomic mass is 10.2. The molecule has 32 heavy (non-hydrogen) atoms. The van der Waals surface area contributed by atoms with Crippen LogP contribution in [0.1, 0.15) is 43.0 Å². The maximum Gasteiger partial charge on any atom is 0.255 e. The van der Waals surface area contributed by atoms with Crippen molar-refractivity contribution in [2.75, 3.05) is 25.1 Å². The summed E-state index contributed by atoms with van der Waals surface area (Å²) < 4.78 is 17.1. The standard InChI is InChI=1S/C27H31NO4/c1-2-3-4-8-18-30-25-16-14-23(15-17-25)28-27(29)22-10-9-13-26(21-22)32-20-19-31-24-11-6-5-7-12-24/h5-7,9-17,21H,2-4,8,18-20H2,1H3,(H,28,29). The first-order chi connectivity index (χ1) is 15.7. The highest BCUT2D eigenvalue weighted by Gasteiger charge is 2.08. The molecule has 0 spiro atoms. The molecular weight excluding hydrogens is 402 g/mol. The number of carbonyl (C=O) groups is 1. The Morgan fingerprint density at radius 3 is 2.09 bits per heavy atom. The number of benzene rings is 3. The Kier molecular flexibility index (Phi) is 9.46. The summed E-state index contributed by atoms with van der Waals surface area (Å²) in [5.74, 6) is 2.05. The van der Waals surface area contributed by atoms with Crippen molar-refractivity contribution < 1.29 is 19.0 Å². The Bertz CT molecular complexity index is 941. The fourth-order valence-electron chi connectivity index (χ4n) is 3.12. The normalized spacial score (nSPS) is 10.4. The number of nitrogens with one attached hydrogen (secondary N) is 1. The summed E-state index contributed by atoms with van der Waals surface area (Å²) in [6, 6.07) is 24.2. The van der Waals surface area contributed by atoms with Gasteiger partial charge >= 0.3 is 0 Å². The number of amides is 1. The van der Waals surface area contributed by atoms with Gasteiger partial charge in [0.05, 0.1) is 6.61 Å². The van der Waals surface area contributed by atoms with Crippen LogP contribution in [0, 0.1) is 0 Å². The van der Waals surface area contributed by atoms with E-state index < -0.39 is 0 Å². The molecule has 0 unspecified atom stereocenters. The molecule has 0 fully saturated rings. The molecule has 3 aromatic rings. The van der Waals surface area contributed by atoms with E-state index in [2.05, 4.69) is 12.2 Å². The molecule has 0 aromatic heterocycles. The molecule has 168 valence electrons. The van der Waals surface area contributed by atoms with E-state index >= 15 is 0 Å². The van der Waals surface area contributed by atoms with Crippen molar-refractivity contribution in [2.45, 2.75) is 32.6 Å². The van der Waals surface area contributed by atoms with Gasteiger partial charge in [-0.05, 0) is 61.0 Å². The molecule has 0 saturated carbocycles. The third kappa shape index (κ3) is 7.99. The second kappa shape index (κ2) is 13.1. The summed E-state index contributed by atoms with van der Waals surface area (Å²) in [4.78, 5) is 12.6. The zero-order valence-electron chi connectivity index (χ0n) is 18.6. The van der Waals surface area contributed by atoms with E-state index in [-0.39, 0.29) is 5.91 Å². The predicted octanol–water partition coefficient (Wildman–Crippen LogP) is 6.36. The SMILES string of the molecule is CCCCCCOc1ccc(NC(=O)c2cccc(OCCOc3ccccc3)c2)cc1. The molecule has 0 heterocycles. The van der Waals surface area contributed by atoms with E-state index in [9.17, 15) is 4.79 Å². The summed E-state index contributed by atoms with van der Waals surface area (Å²) in [5, 5.41) is 2.91. The first kappa shape index (κ1) is 23.2. The van der Waals surface area contributed by atoms with Gasteiger partial charge in [-0.15, -0.1) is 0 Å². The molecule has 5 nitrogen and oxygen atoms in total. The van der Waals surface area contributed by atoms with E-state index in [1.165, 1.54) is 19.3 Å². The molecule has 0 bridgehead atoms. The van der Waals surface area contributed by atoms with Crippen molar-refractivity contribution in [3.8, 4) is 17.2 Å². The molecule has 3 rings (SSSR count). The van der Waals surface area contributed by atoms with Crippen LogP contribution < -0.4 is 19.5 Å². The number of unbranched alkanes of at least 4 members (excludes halogenated alkanes) is 3. The Balaban J connectivity index is 1.43. The summed E-state index contributed by atoms with van der Waals surface area (Å²) in [6.07, 6.45) is 4.70. The van der Waals surface area contributed by atoms with Crippen LogP contribution in [-0.4, -0.2) is 25.7 Å². The van der Waals surface area contributed by atoms with Crippen molar-refractivity contribution >= 4 is 11.6 Å². The molecule has 0 aliphatic carbocycles. The predicted molar refractivity (Wildman–Crippen MR) is 128 cm³/mol. The fraction of sp³-hybridized carbons (Fsp3) is 0.296. The van der Waals surface area contributed by atoms with Crippen LogP contribution in [-0.2, 0) is 0 Å². The number of hydrogen-bond donors (Lipinski definition) is 1. The van der Waals surface area contributed by atoms with Gasteiger partial charge in [0.2, 0.25) is 0 Å². The molecule has 0 aliphatic rings. The first-order valence-electron chi connectivity index (χ1n) is 11.2. The number of hydrogen-bond acceptors (Lipinski definition) is 4. The molecule has 0 aliphatic heterocycles. The largest absolute Gasteiger partial charge is 0.494 e. The third-order valence-electron chi connectivity index (χ3n) is 4.84. The quantitative estimate of drug-likeness (QED) is 0.319. The molecule has 3 aromatic carbocycles. The minimum absolute atomic E-state index is 0.191. The van der Waals surface area contributed by atoms with E-state index in [1.807, 2.05) is 60.7 Å². The summed E-state index contributed by atoms with van der Waals surface area (Å²) in [5.41, 5.74) is 1.25. The Labute approximate surface area is 190 Å². The van der Waals surface area contributed by atoms with Gasteiger partial charge in [0.15, 0.2) is 0 Å². The third-order valence-corrected chi connectivity index (χ3v) is 4.84. The monoisotopic (exact) mass is 433 g/mol. The van der Waals surface area contributed by atoms with E-state index in [0.29, 0.717) is 24.5 Å². The summed E-state index contributed by atoms with van der Waals surface area (Å²) in [6.45, 7) is 3.72. The van der Waals surface area contributed by atoms with Crippen LogP contribution in [0.4, 0.5) is 5.69 Å². The van der Waals surface area contributed by atoms with Gasteiger partial charge in [-0.1, -0.05) is 50.5 Å². The van der Waals surface area contributed by atoms with Crippen LogP contribution in [0.3, 0.4) is 0 Å². The molecule has 0 atom stereocenters.